The number of ether oxygens (including phenoxy) is 4. The van der Waals surface area contributed by atoms with Gasteiger partial charge in [0.25, 0.3) is 0 Å². The van der Waals surface area contributed by atoms with Gasteiger partial charge in [0.2, 0.25) is 11.5 Å². The first-order valence-corrected chi connectivity index (χ1v) is 20.4. The lowest BCUT2D eigenvalue weighted by Gasteiger charge is -2.22. The van der Waals surface area contributed by atoms with E-state index in [1.807, 2.05) is 6.92 Å². The molecule has 0 aromatic heterocycles. The van der Waals surface area contributed by atoms with Crippen molar-refractivity contribution in [1.29, 1.82) is 0 Å². The first-order chi connectivity index (χ1) is 27.0. The second-order valence-electron chi connectivity index (χ2n) is 15.6. The Labute approximate surface area is 344 Å². The molecule has 0 saturated heterocycles. The topological polar surface area (TPSA) is 108 Å². The highest BCUT2D eigenvalue weighted by Crippen LogP contribution is 2.50. The molecule has 0 bridgehead atoms. The van der Waals surface area contributed by atoms with Crippen LogP contribution in [0.5, 0.6) is 23.0 Å². The Morgan fingerprint density at radius 2 is 0.877 bits per heavy atom. The highest BCUT2D eigenvalue weighted by molar-refractivity contribution is 5.81. The second-order valence-corrected chi connectivity index (χ2v) is 15.6. The van der Waals surface area contributed by atoms with Gasteiger partial charge in [-0.3, -0.25) is 14.4 Å². The van der Waals surface area contributed by atoms with E-state index in [1.54, 1.807) is 6.92 Å². The number of methoxy groups -OCH3 is 2. The van der Waals surface area contributed by atoms with Gasteiger partial charge in [-0.2, -0.15) is 0 Å². The summed E-state index contributed by atoms with van der Waals surface area (Å²) < 4.78 is 22.8. The average Bonchev–Trinajstić information content (AvgIpc) is 3.13. The van der Waals surface area contributed by atoms with Crippen LogP contribution in [0.4, 0.5) is 0 Å². The molecule has 0 aliphatic heterocycles. The summed E-state index contributed by atoms with van der Waals surface area (Å²) in [5, 5.41) is 9.05. The predicted octanol–water partition coefficient (Wildman–Crippen LogP) is 13.2. The van der Waals surface area contributed by atoms with Crippen LogP contribution in [-0.2, 0) is 20.8 Å². The van der Waals surface area contributed by atoms with Crippen molar-refractivity contribution in [1.82, 2.24) is 0 Å². The zero-order valence-electron chi connectivity index (χ0n) is 37.1. The lowest BCUT2D eigenvalue weighted by atomic mass is 9.99. The van der Waals surface area contributed by atoms with Gasteiger partial charge in [0, 0.05) is 17.5 Å². The average molecular weight is 789 g/mol. The number of benzene rings is 1. The van der Waals surface area contributed by atoms with Crippen LogP contribution in [0.2, 0.25) is 0 Å². The van der Waals surface area contributed by atoms with Crippen LogP contribution >= 0.6 is 0 Å². The van der Waals surface area contributed by atoms with E-state index in [0.29, 0.717) is 24.0 Å². The third kappa shape index (κ3) is 21.5. The van der Waals surface area contributed by atoms with E-state index in [1.165, 1.54) is 42.1 Å². The van der Waals surface area contributed by atoms with Gasteiger partial charge >= 0.3 is 17.9 Å². The summed E-state index contributed by atoms with van der Waals surface area (Å²) in [5.41, 5.74) is 10.3. The number of hydrogen-bond donors (Lipinski definition) is 1. The van der Waals surface area contributed by atoms with E-state index in [4.69, 9.17) is 24.1 Å². The molecule has 8 nitrogen and oxygen atoms in total. The Hall–Kier alpha value is -4.59. The molecule has 8 heteroatoms. The molecule has 0 unspecified atom stereocenters. The van der Waals surface area contributed by atoms with Crippen molar-refractivity contribution in [2.45, 2.75) is 159 Å². The largest absolute Gasteiger partial charge is 0.490 e. The predicted molar refractivity (Wildman–Crippen MR) is 235 cm³/mol. The van der Waals surface area contributed by atoms with Crippen LogP contribution in [0.3, 0.4) is 0 Å². The van der Waals surface area contributed by atoms with Crippen LogP contribution < -0.4 is 18.9 Å². The molecular formula is C49H72O8. The monoisotopic (exact) mass is 789 g/mol. The van der Waals surface area contributed by atoms with Crippen molar-refractivity contribution in [2.75, 3.05) is 14.2 Å². The number of carbonyl (C=O) groups is 3. The molecule has 0 fully saturated rings. The van der Waals surface area contributed by atoms with E-state index < -0.39 is 17.9 Å². The highest BCUT2D eigenvalue weighted by atomic mass is 16.6. The van der Waals surface area contributed by atoms with Crippen LogP contribution in [0.15, 0.2) is 82.0 Å². The maximum atomic E-state index is 12.9. The zero-order valence-corrected chi connectivity index (χ0v) is 37.1. The van der Waals surface area contributed by atoms with Gasteiger partial charge < -0.3 is 24.1 Å². The molecule has 0 amide bonds. The standard InChI is InChI=1S/C49H72O8/c1-34(2)18-13-19-36(5)20-14-21-37(6)22-15-23-38(7)24-16-25-39(8)26-17-27-40(9)29-30-42-41(10)46(56-45(53)33-31-43(50)51)48(54-11)49(55-12)47(42)57-44(52)32-28-35(3)4/h18,20,22,24,26,29H,3,13-17,19,21,23,25,27-28,30-33H2,1-2,4-12H3,(H,50,51)/b36-20+,37-22+,38-24+,39-26+,40-29+. The zero-order chi connectivity index (χ0) is 42.9. The van der Waals surface area contributed by atoms with E-state index >= 15 is 0 Å². The minimum absolute atomic E-state index is 0.0823. The second kappa shape index (κ2) is 27.9. The number of carboxylic acids is 1. The first-order valence-electron chi connectivity index (χ1n) is 20.4. The van der Waals surface area contributed by atoms with E-state index in [2.05, 4.69) is 91.5 Å². The molecule has 1 aromatic rings. The normalized spacial score (nSPS) is 12.6. The summed E-state index contributed by atoms with van der Waals surface area (Å²) >= 11 is 0. The molecule has 0 aliphatic carbocycles. The maximum Gasteiger partial charge on any atom is 0.311 e. The fraction of sp³-hybridized carbons (Fsp3) is 0.531. The first kappa shape index (κ1) is 50.4. The molecule has 0 atom stereocenters. The van der Waals surface area contributed by atoms with Gasteiger partial charge in [-0.15, -0.1) is 6.58 Å². The summed E-state index contributed by atoms with van der Waals surface area (Å²) in [6.45, 7) is 22.8. The van der Waals surface area contributed by atoms with Crippen molar-refractivity contribution in [3.63, 3.8) is 0 Å². The number of esters is 2. The summed E-state index contributed by atoms with van der Waals surface area (Å²) in [6.07, 6.45) is 24.6. The van der Waals surface area contributed by atoms with Crippen LogP contribution in [0.25, 0.3) is 0 Å². The summed E-state index contributed by atoms with van der Waals surface area (Å²) in [7, 11) is 2.81. The van der Waals surface area contributed by atoms with Crippen LogP contribution in [0, 0.1) is 6.92 Å². The minimum Gasteiger partial charge on any atom is -0.490 e. The molecule has 0 radical (unpaired) electrons. The number of hydrogen-bond acceptors (Lipinski definition) is 7. The SMILES string of the molecule is C=C(C)CCC(=O)Oc1c(C/C=C(\C)CC/C=C(\C)CC/C=C(\C)CC/C=C(\C)CC/C=C(\C)CCC=C(C)C)c(C)c(OC(=O)CCC(=O)O)c(OC)c1OC. The van der Waals surface area contributed by atoms with Gasteiger partial charge in [0.15, 0.2) is 11.5 Å². The molecule has 1 aromatic carbocycles. The fourth-order valence-electron chi connectivity index (χ4n) is 6.08. The molecular weight excluding hydrogens is 717 g/mol. The smallest absolute Gasteiger partial charge is 0.311 e. The van der Waals surface area contributed by atoms with Crippen molar-refractivity contribution < 1.29 is 38.4 Å². The number of rotatable bonds is 27. The molecule has 316 valence electrons. The van der Waals surface area contributed by atoms with Gasteiger partial charge in [0.05, 0.1) is 27.1 Å². The minimum atomic E-state index is -1.11. The van der Waals surface area contributed by atoms with Gasteiger partial charge in [0.1, 0.15) is 0 Å². The number of carboxylic acid groups (broad SMARTS) is 1. The number of carbonyl (C=O) groups excluding carboxylic acids is 2. The summed E-state index contributed by atoms with van der Waals surface area (Å²) in [6, 6.07) is 0. The Balaban J connectivity index is 2.93. The quantitative estimate of drug-likeness (QED) is 0.0533. The Morgan fingerprint density at radius 1 is 0.509 bits per heavy atom. The van der Waals surface area contributed by atoms with Crippen LogP contribution in [-0.4, -0.2) is 37.2 Å². The molecule has 0 spiro atoms. The molecule has 1 N–H and O–H groups in total. The summed E-state index contributed by atoms with van der Waals surface area (Å²) in [4.78, 5) is 36.6. The van der Waals surface area contributed by atoms with Crippen LogP contribution in [0.1, 0.15) is 156 Å². The lowest BCUT2D eigenvalue weighted by Crippen LogP contribution is -2.15. The lowest BCUT2D eigenvalue weighted by molar-refractivity contribution is -0.142. The van der Waals surface area contributed by atoms with Crippen molar-refractivity contribution in [2.24, 2.45) is 0 Å². The van der Waals surface area contributed by atoms with Gasteiger partial charge in [-0.25, -0.2) is 0 Å². The van der Waals surface area contributed by atoms with E-state index in [-0.39, 0.29) is 42.3 Å². The van der Waals surface area contributed by atoms with Crippen molar-refractivity contribution in [3.8, 4) is 23.0 Å². The summed E-state index contributed by atoms with van der Waals surface area (Å²) in [5.74, 6) is -1.80. The Bertz CT molecular complexity index is 1690. The van der Waals surface area contributed by atoms with Crippen molar-refractivity contribution >= 4 is 17.9 Å². The van der Waals surface area contributed by atoms with E-state index in [0.717, 1.165) is 75.4 Å². The third-order valence-electron chi connectivity index (χ3n) is 9.70. The number of aliphatic carboxylic acids is 1. The number of allylic oxidation sites excluding steroid dienone is 13. The Morgan fingerprint density at radius 3 is 1.26 bits per heavy atom. The molecule has 1 rings (SSSR count). The third-order valence-corrected chi connectivity index (χ3v) is 9.70. The molecule has 0 aliphatic rings. The maximum absolute atomic E-state index is 12.9. The fourth-order valence-corrected chi connectivity index (χ4v) is 6.08. The molecule has 0 saturated carbocycles. The highest BCUT2D eigenvalue weighted by Gasteiger charge is 2.28. The molecule has 0 heterocycles. The Kier molecular flexibility index (Phi) is 24.7. The van der Waals surface area contributed by atoms with E-state index in [9.17, 15) is 14.4 Å². The molecule has 57 heavy (non-hydrogen) atoms. The van der Waals surface area contributed by atoms with Crippen molar-refractivity contribution in [3.05, 3.63) is 93.2 Å². The van der Waals surface area contributed by atoms with Gasteiger partial charge in [-0.05, 0) is 139 Å². The van der Waals surface area contributed by atoms with Gasteiger partial charge in [-0.1, -0.05) is 75.5 Å².